The Bertz CT molecular complexity index is 597. The van der Waals surface area contributed by atoms with Gasteiger partial charge in [0, 0.05) is 11.0 Å². The number of hydrogen-bond acceptors (Lipinski definition) is 3. The van der Waals surface area contributed by atoms with E-state index in [0.717, 1.165) is 15.6 Å². The maximum atomic E-state index is 12.0. The summed E-state index contributed by atoms with van der Waals surface area (Å²) in [4.78, 5) is 12.0. The molecule has 0 unspecified atom stereocenters. The molecule has 0 aliphatic carbocycles. The fourth-order valence-electron chi connectivity index (χ4n) is 1.90. The lowest BCUT2D eigenvalue weighted by molar-refractivity contribution is -0.122. The number of hydrogen-bond donors (Lipinski definition) is 3. The first kappa shape index (κ1) is 15.5. The third-order valence-electron chi connectivity index (χ3n) is 3.11. The highest BCUT2D eigenvalue weighted by atomic mass is 79.9. The second kappa shape index (κ2) is 7.24. The Morgan fingerprint density at radius 1 is 1.10 bits per heavy atom. The van der Waals surface area contributed by atoms with Crippen LogP contribution in [0.4, 0.5) is 0 Å². The zero-order valence-electron chi connectivity index (χ0n) is 11.4. The largest absolute Gasteiger partial charge is 0.508 e. The molecular formula is C16H17BrN2O2. The first-order chi connectivity index (χ1) is 10.0. The molecule has 4 N–H and O–H groups in total. The van der Waals surface area contributed by atoms with Gasteiger partial charge in [-0.3, -0.25) is 4.79 Å². The highest BCUT2D eigenvalue weighted by molar-refractivity contribution is 9.10. The number of rotatable bonds is 5. The van der Waals surface area contributed by atoms with Crippen LogP contribution in [0.25, 0.3) is 0 Å². The Kier molecular flexibility index (Phi) is 5.36. The van der Waals surface area contributed by atoms with Gasteiger partial charge in [-0.1, -0.05) is 40.2 Å². The van der Waals surface area contributed by atoms with Crippen molar-refractivity contribution in [3.05, 3.63) is 64.1 Å². The third-order valence-corrected chi connectivity index (χ3v) is 3.64. The van der Waals surface area contributed by atoms with Crippen LogP contribution in [0.5, 0.6) is 5.75 Å². The number of nitrogens with two attached hydrogens (primary N) is 1. The quantitative estimate of drug-likeness (QED) is 0.776. The number of phenolic OH excluding ortho intramolecular Hbond substituents is 1. The van der Waals surface area contributed by atoms with E-state index in [2.05, 4.69) is 21.2 Å². The van der Waals surface area contributed by atoms with Gasteiger partial charge in [0.2, 0.25) is 5.91 Å². The summed E-state index contributed by atoms with van der Waals surface area (Å²) in [5.74, 6) is 0.0120. The van der Waals surface area contributed by atoms with Crippen LogP contribution in [0.15, 0.2) is 53.0 Å². The molecule has 2 rings (SSSR count). The molecule has 0 aromatic heterocycles. The lowest BCUT2D eigenvalue weighted by Crippen LogP contribution is -2.41. The van der Waals surface area contributed by atoms with E-state index in [1.807, 2.05) is 24.3 Å². The topological polar surface area (TPSA) is 75.3 Å². The molecule has 0 saturated carbocycles. The van der Waals surface area contributed by atoms with Crippen molar-refractivity contribution < 1.29 is 9.90 Å². The van der Waals surface area contributed by atoms with Crippen molar-refractivity contribution in [1.82, 2.24) is 5.32 Å². The van der Waals surface area contributed by atoms with Crippen LogP contribution >= 0.6 is 15.9 Å². The van der Waals surface area contributed by atoms with Crippen LogP contribution in [0, 0.1) is 0 Å². The predicted octanol–water partition coefficient (Wildman–Crippen LogP) is 2.34. The maximum absolute atomic E-state index is 12.0. The normalized spacial score (nSPS) is 11.9. The van der Waals surface area contributed by atoms with Crippen LogP contribution in [-0.4, -0.2) is 17.1 Å². The molecule has 0 radical (unpaired) electrons. The second-order valence-corrected chi connectivity index (χ2v) is 5.74. The molecule has 4 nitrogen and oxygen atoms in total. The number of carbonyl (C=O) groups excluding carboxylic acids is 1. The van der Waals surface area contributed by atoms with Crippen molar-refractivity contribution in [1.29, 1.82) is 0 Å². The third kappa shape index (κ3) is 4.88. The average molecular weight is 349 g/mol. The molecule has 1 atom stereocenters. The summed E-state index contributed by atoms with van der Waals surface area (Å²) in [6, 6.07) is 13.8. The predicted molar refractivity (Wildman–Crippen MR) is 85.8 cm³/mol. The number of amides is 1. The highest BCUT2D eigenvalue weighted by Crippen LogP contribution is 2.12. The molecular weight excluding hydrogens is 332 g/mol. The standard InChI is InChI=1S/C16H17BrN2O2/c17-13-5-1-12(2-6-13)10-19-16(21)15(18)9-11-3-7-14(20)8-4-11/h1-8,15,20H,9-10,18H2,(H,19,21)/t15-/m0/s1. The summed E-state index contributed by atoms with van der Waals surface area (Å²) in [5, 5.41) is 12.0. The summed E-state index contributed by atoms with van der Waals surface area (Å²) in [6.07, 6.45) is 0.437. The van der Waals surface area contributed by atoms with Gasteiger partial charge in [0.05, 0.1) is 6.04 Å². The molecule has 0 aliphatic heterocycles. The molecule has 110 valence electrons. The number of nitrogens with one attached hydrogen (secondary N) is 1. The van der Waals surface area contributed by atoms with E-state index in [1.165, 1.54) is 0 Å². The van der Waals surface area contributed by atoms with E-state index in [1.54, 1.807) is 24.3 Å². The monoisotopic (exact) mass is 348 g/mol. The first-order valence-corrected chi connectivity index (χ1v) is 7.39. The lowest BCUT2D eigenvalue weighted by Gasteiger charge is -2.12. The van der Waals surface area contributed by atoms with Gasteiger partial charge in [-0.2, -0.15) is 0 Å². The van der Waals surface area contributed by atoms with Gasteiger partial charge < -0.3 is 16.2 Å². The van der Waals surface area contributed by atoms with Gasteiger partial charge in [0.1, 0.15) is 5.75 Å². The van der Waals surface area contributed by atoms with Crippen molar-refractivity contribution in [3.8, 4) is 5.75 Å². The minimum atomic E-state index is -0.606. The Morgan fingerprint density at radius 2 is 1.67 bits per heavy atom. The van der Waals surface area contributed by atoms with Gasteiger partial charge >= 0.3 is 0 Å². The summed E-state index contributed by atoms with van der Waals surface area (Å²) < 4.78 is 1.00. The zero-order chi connectivity index (χ0) is 15.2. The van der Waals surface area contributed by atoms with Crippen LogP contribution in [0.3, 0.4) is 0 Å². The van der Waals surface area contributed by atoms with Gasteiger partial charge in [0.15, 0.2) is 0 Å². The van der Waals surface area contributed by atoms with Gasteiger partial charge in [0.25, 0.3) is 0 Å². The maximum Gasteiger partial charge on any atom is 0.237 e. The Balaban J connectivity index is 1.84. The van der Waals surface area contributed by atoms with E-state index in [9.17, 15) is 9.90 Å². The summed E-state index contributed by atoms with van der Waals surface area (Å²) in [7, 11) is 0. The lowest BCUT2D eigenvalue weighted by atomic mass is 10.1. The molecule has 5 heteroatoms. The van der Waals surface area contributed by atoms with Crippen molar-refractivity contribution in [2.75, 3.05) is 0 Å². The second-order valence-electron chi connectivity index (χ2n) is 4.82. The van der Waals surface area contributed by atoms with Gasteiger partial charge in [-0.15, -0.1) is 0 Å². The average Bonchev–Trinajstić information content (AvgIpc) is 2.48. The van der Waals surface area contributed by atoms with E-state index >= 15 is 0 Å². The van der Waals surface area contributed by atoms with Gasteiger partial charge in [-0.25, -0.2) is 0 Å². The Labute approximate surface area is 132 Å². The molecule has 21 heavy (non-hydrogen) atoms. The molecule has 0 aliphatic rings. The highest BCUT2D eigenvalue weighted by Gasteiger charge is 2.13. The minimum absolute atomic E-state index is 0.189. The molecule has 0 spiro atoms. The minimum Gasteiger partial charge on any atom is -0.508 e. The Morgan fingerprint density at radius 3 is 2.29 bits per heavy atom. The molecule has 0 heterocycles. The van der Waals surface area contributed by atoms with Crippen molar-refractivity contribution in [2.45, 2.75) is 19.0 Å². The molecule has 2 aromatic carbocycles. The number of halogens is 1. The molecule has 2 aromatic rings. The van der Waals surface area contributed by atoms with Crippen molar-refractivity contribution in [2.24, 2.45) is 5.73 Å². The zero-order valence-corrected chi connectivity index (χ0v) is 13.0. The SMILES string of the molecule is N[C@@H](Cc1ccc(O)cc1)C(=O)NCc1ccc(Br)cc1. The van der Waals surface area contributed by atoms with E-state index < -0.39 is 6.04 Å². The fourth-order valence-corrected chi connectivity index (χ4v) is 2.17. The van der Waals surface area contributed by atoms with E-state index in [0.29, 0.717) is 13.0 Å². The fraction of sp³-hybridized carbons (Fsp3) is 0.188. The van der Waals surface area contributed by atoms with E-state index in [4.69, 9.17) is 5.73 Å². The number of benzene rings is 2. The molecule has 1 amide bonds. The molecule has 0 bridgehead atoms. The van der Waals surface area contributed by atoms with Gasteiger partial charge in [-0.05, 0) is 41.8 Å². The van der Waals surface area contributed by atoms with E-state index in [-0.39, 0.29) is 11.7 Å². The van der Waals surface area contributed by atoms with Crippen LogP contribution < -0.4 is 11.1 Å². The molecule has 0 fully saturated rings. The first-order valence-electron chi connectivity index (χ1n) is 6.60. The Hall–Kier alpha value is -1.85. The number of aromatic hydroxyl groups is 1. The summed E-state index contributed by atoms with van der Waals surface area (Å²) in [5.41, 5.74) is 7.83. The number of carbonyl (C=O) groups is 1. The van der Waals surface area contributed by atoms with Crippen LogP contribution in [-0.2, 0) is 17.8 Å². The smallest absolute Gasteiger partial charge is 0.237 e. The van der Waals surface area contributed by atoms with Crippen LogP contribution in [0.1, 0.15) is 11.1 Å². The van der Waals surface area contributed by atoms with Crippen molar-refractivity contribution >= 4 is 21.8 Å². The van der Waals surface area contributed by atoms with Crippen LogP contribution in [0.2, 0.25) is 0 Å². The molecule has 0 saturated heterocycles. The van der Waals surface area contributed by atoms with Crippen molar-refractivity contribution in [3.63, 3.8) is 0 Å². The summed E-state index contributed by atoms with van der Waals surface area (Å²) >= 11 is 3.37. The number of phenols is 1. The summed E-state index contributed by atoms with van der Waals surface area (Å²) in [6.45, 7) is 0.454.